The van der Waals surface area contributed by atoms with Gasteiger partial charge in [0.2, 0.25) is 0 Å². The summed E-state index contributed by atoms with van der Waals surface area (Å²) < 4.78 is 3.62. The fourth-order valence-corrected chi connectivity index (χ4v) is 1.74. The van der Waals surface area contributed by atoms with Crippen molar-refractivity contribution in [2.75, 3.05) is 6.54 Å². The monoisotopic (exact) mass is 234 g/mol. The fraction of sp³-hybridized carbons (Fsp3) is 0.667. The molecule has 3 rings (SSSR count). The Balaban J connectivity index is 1.74. The lowest BCUT2D eigenvalue weighted by molar-refractivity contribution is 0.543. The summed E-state index contributed by atoms with van der Waals surface area (Å²) in [5.41, 5.74) is 6.37. The van der Waals surface area contributed by atoms with E-state index in [9.17, 15) is 0 Å². The third-order valence-electron chi connectivity index (χ3n) is 2.74. The van der Waals surface area contributed by atoms with Crippen LogP contribution in [0, 0.1) is 0 Å². The smallest absolute Gasteiger partial charge is 0.173 e. The van der Waals surface area contributed by atoms with Gasteiger partial charge in [-0.3, -0.25) is 0 Å². The van der Waals surface area contributed by atoms with Crippen molar-refractivity contribution < 1.29 is 0 Å². The van der Waals surface area contributed by atoms with Crippen LogP contribution < -0.4 is 5.73 Å². The van der Waals surface area contributed by atoms with Gasteiger partial charge in [-0.1, -0.05) is 5.21 Å². The van der Waals surface area contributed by atoms with Gasteiger partial charge in [0, 0.05) is 12.6 Å². The Morgan fingerprint density at radius 2 is 2.18 bits per heavy atom. The predicted molar refractivity (Wildman–Crippen MR) is 58.0 cm³/mol. The van der Waals surface area contributed by atoms with Crippen LogP contribution in [-0.2, 0) is 13.0 Å². The van der Waals surface area contributed by atoms with Gasteiger partial charge in [-0.05, 0) is 29.8 Å². The van der Waals surface area contributed by atoms with Crippen molar-refractivity contribution in [1.82, 2.24) is 35.2 Å². The minimum Gasteiger partial charge on any atom is -0.330 e. The molecule has 0 aromatic carbocycles. The molecule has 1 aliphatic carbocycles. The van der Waals surface area contributed by atoms with Crippen LogP contribution in [0.25, 0.3) is 0 Å². The molecule has 0 unspecified atom stereocenters. The molecule has 1 aliphatic rings. The zero-order chi connectivity index (χ0) is 11.7. The Bertz CT molecular complexity index is 497. The second-order valence-corrected chi connectivity index (χ2v) is 4.22. The highest BCUT2D eigenvalue weighted by Gasteiger charge is 2.27. The first-order valence-electron chi connectivity index (χ1n) is 5.72. The summed E-state index contributed by atoms with van der Waals surface area (Å²) in [6.07, 6.45) is 4.95. The first-order chi connectivity index (χ1) is 8.36. The van der Waals surface area contributed by atoms with E-state index in [-0.39, 0.29) is 0 Å². The van der Waals surface area contributed by atoms with Gasteiger partial charge in [0.05, 0.1) is 11.7 Å². The molecule has 8 nitrogen and oxygen atoms in total. The Morgan fingerprint density at radius 1 is 1.29 bits per heavy atom. The first-order valence-corrected chi connectivity index (χ1v) is 5.72. The molecule has 8 heteroatoms. The van der Waals surface area contributed by atoms with Crippen molar-refractivity contribution in [3.63, 3.8) is 0 Å². The number of hydrogen-bond acceptors (Lipinski definition) is 6. The summed E-state index contributed by atoms with van der Waals surface area (Å²) in [6.45, 7) is 1.14. The van der Waals surface area contributed by atoms with Crippen LogP contribution in [0.15, 0.2) is 6.20 Å². The zero-order valence-electron chi connectivity index (χ0n) is 9.40. The summed E-state index contributed by atoms with van der Waals surface area (Å²) in [5.74, 6) is 0.830. The van der Waals surface area contributed by atoms with E-state index >= 15 is 0 Å². The van der Waals surface area contributed by atoms with Gasteiger partial charge in [0.1, 0.15) is 6.54 Å². The molecule has 0 atom stereocenters. The lowest BCUT2D eigenvalue weighted by atomic mass is 10.3. The Labute approximate surface area is 97.8 Å². The van der Waals surface area contributed by atoms with Gasteiger partial charge >= 0.3 is 0 Å². The predicted octanol–water partition coefficient (Wildman–Crippen LogP) is -0.851. The molecule has 0 amide bonds. The van der Waals surface area contributed by atoms with Crippen molar-refractivity contribution >= 4 is 0 Å². The van der Waals surface area contributed by atoms with Crippen molar-refractivity contribution in [3.05, 3.63) is 17.7 Å². The van der Waals surface area contributed by atoms with E-state index in [1.807, 2.05) is 10.9 Å². The second kappa shape index (κ2) is 4.21. The van der Waals surface area contributed by atoms with Crippen molar-refractivity contribution in [3.8, 4) is 0 Å². The van der Waals surface area contributed by atoms with E-state index < -0.39 is 0 Å². The van der Waals surface area contributed by atoms with Gasteiger partial charge in [0.25, 0.3) is 0 Å². The topological polar surface area (TPSA) is 100 Å². The normalized spacial score (nSPS) is 15.4. The Morgan fingerprint density at radius 3 is 2.94 bits per heavy atom. The molecule has 2 aromatic heterocycles. The number of nitrogens with zero attached hydrogens (tertiary/aromatic N) is 7. The highest BCUT2D eigenvalue weighted by molar-refractivity contribution is 4.96. The van der Waals surface area contributed by atoms with Crippen molar-refractivity contribution in [2.45, 2.75) is 31.8 Å². The highest BCUT2D eigenvalue weighted by atomic mass is 15.6. The van der Waals surface area contributed by atoms with Gasteiger partial charge < -0.3 is 5.73 Å². The van der Waals surface area contributed by atoms with Crippen LogP contribution in [0.3, 0.4) is 0 Å². The lowest BCUT2D eigenvalue weighted by Gasteiger charge is -2.01. The Hall–Kier alpha value is -1.83. The van der Waals surface area contributed by atoms with Crippen molar-refractivity contribution in [1.29, 1.82) is 0 Å². The SMILES string of the molecule is NCCc1cn(Cc2nnnn2C2CC2)nn1. The largest absolute Gasteiger partial charge is 0.330 e. The maximum atomic E-state index is 5.46. The van der Waals surface area contributed by atoms with E-state index in [2.05, 4.69) is 25.8 Å². The highest BCUT2D eigenvalue weighted by Crippen LogP contribution is 2.34. The molecular weight excluding hydrogens is 220 g/mol. The maximum Gasteiger partial charge on any atom is 0.173 e. The number of rotatable bonds is 5. The van der Waals surface area contributed by atoms with Crippen LogP contribution in [0.1, 0.15) is 30.4 Å². The van der Waals surface area contributed by atoms with Gasteiger partial charge in [-0.15, -0.1) is 10.2 Å². The maximum absolute atomic E-state index is 5.46. The molecule has 0 spiro atoms. The van der Waals surface area contributed by atoms with E-state index in [0.717, 1.165) is 30.8 Å². The van der Waals surface area contributed by atoms with Crippen LogP contribution in [0.5, 0.6) is 0 Å². The van der Waals surface area contributed by atoms with E-state index in [0.29, 0.717) is 19.1 Å². The molecule has 1 saturated carbocycles. The molecule has 1 fully saturated rings. The number of tetrazole rings is 1. The van der Waals surface area contributed by atoms with Crippen LogP contribution in [0.2, 0.25) is 0 Å². The van der Waals surface area contributed by atoms with Crippen LogP contribution in [-0.4, -0.2) is 41.7 Å². The average molecular weight is 234 g/mol. The molecule has 0 aliphatic heterocycles. The van der Waals surface area contributed by atoms with E-state index in [1.165, 1.54) is 0 Å². The van der Waals surface area contributed by atoms with Crippen LogP contribution in [0.4, 0.5) is 0 Å². The molecule has 90 valence electrons. The summed E-state index contributed by atoms with van der Waals surface area (Å²) in [6, 6.07) is 0.479. The minimum absolute atomic E-state index is 0.479. The van der Waals surface area contributed by atoms with Gasteiger partial charge in [-0.25, -0.2) is 9.36 Å². The molecule has 17 heavy (non-hydrogen) atoms. The standard InChI is InChI=1S/C9H14N8/c10-4-3-7-5-16(14-11-7)6-9-12-13-15-17(9)8-1-2-8/h5,8H,1-4,6,10H2. The molecule has 0 saturated heterocycles. The summed E-state index contributed by atoms with van der Waals surface area (Å²) in [5, 5.41) is 19.8. The zero-order valence-corrected chi connectivity index (χ0v) is 9.40. The average Bonchev–Trinajstić information content (AvgIpc) is 2.91. The summed E-state index contributed by atoms with van der Waals surface area (Å²) in [7, 11) is 0. The van der Waals surface area contributed by atoms with Gasteiger partial charge in [-0.2, -0.15) is 0 Å². The minimum atomic E-state index is 0.479. The number of nitrogens with two attached hydrogens (primary N) is 1. The first kappa shape index (κ1) is 10.3. The summed E-state index contributed by atoms with van der Waals surface area (Å²) >= 11 is 0. The Kier molecular flexibility index (Phi) is 2.56. The van der Waals surface area contributed by atoms with E-state index in [4.69, 9.17) is 5.73 Å². The van der Waals surface area contributed by atoms with Crippen molar-refractivity contribution in [2.24, 2.45) is 5.73 Å². The fourth-order valence-electron chi connectivity index (χ4n) is 1.74. The molecule has 0 bridgehead atoms. The number of aromatic nitrogens is 7. The molecular formula is C9H14N8. The van der Waals surface area contributed by atoms with Gasteiger partial charge in [0.15, 0.2) is 5.82 Å². The molecule has 0 radical (unpaired) electrons. The van der Waals surface area contributed by atoms with Crippen LogP contribution >= 0.6 is 0 Å². The molecule has 2 N–H and O–H groups in total. The number of hydrogen-bond donors (Lipinski definition) is 1. The lowest BCUT2D eigenvalue weighted by Crippen LogP contribution is -2.09. The third-order valence-corrected chi connectivity index (χ3v) is 2.74. The molecule has 2 aromatic rings. The van der Waals surface area contributed by atoms with E-state index in [1.54, 1.807) is 4.68 Å². The quantitative estimate of drug-likeness (QED) is 0.723. The third kappa shape index (κ3) is 2.16. The molecule has 2 heterocycles. The second-order valence-electron chi connectivity index (χ2n) is 4.22. The summed E-state index contributed by atoms with van der Waals surface area (Å²) in [4.78, 5) is 0.